The fourth-order valence-electron chi connectivity index (χ4n) is 1.53. The highest BCUT2D eigenvalue weighted by atomic mass is 16.4. The van der Waals surface area contributed by atoms with Crippen molar-refractivity contribution >= 4 is 5.97 Å². The molecule has 0 spiro atoms. The van der Waals surface area contributed by atoms with Crippen molar-refractivity contribution in [1.82, 2.24) is 10.3 Å². The first-order chi connectivity index (χ1) is 8.02. The van der Waals surface area contributed by atoms with Gasteiger partial charge in [-0.15, -0.1) is 0 Å². The molecule has 0 saturated heterocycles. The van der Waals surface area contributed by atoms with Crippen molar-refractivity contribution in [3.05, 3.63) is 42.2 Å². The molecule has 2 N–H and O–H groups in total. The Bertz CT molecular complexity index is 386. The predicted molar refractivity (Wildman–Crippen MR) is 66.9 cm³/mol. The zero-order chi connectivity index (χ0) is 12.7. The summed E-state index contributed by atoms with van der Waals surface area (Å²) >= 11 is 0. The van der Waals surface area contributed by atoms with Gasteiger partial charge in [-0.3, -0.25) is 4.98 Å². The second kappa shape index (κ2) is 6.15. The summed E-state index contributed by atoms with van der Waals surface area (Å²) in [5.74, 6) is -0.916. The van der Waals surface area contributed by atoms with Gasteiger partial charge >= 0.3 is 5.97 Å². The normalized spacial score (nSPS) is 11.9. The molecule has 17 heavy (non-hydrogen) atoms. The lowest BCUT2D eigenvalue weighted by Crippen LogP contribution is -2.33. The number of hydrogen-bond donors (Lipinski definition) is 2. The summed E-state index contributed by atoms with van der Waals surface area (Å²) in [6.45, 7) is 5.61. The van der Waals surface area contributed by atoms with Crippen molar-refractivity contribution < 1.29 is 9.90 Å². The van der Waals surface area contributed by atoms with Crippen LogP contribution in [0.15, 0.2) is 36.7 Å². The number of aromatic nitrogens is 1. The Morgan fingerprint density at radius 3 is 2.71 bits per heavy atom. The van der Waals surface area contributed by atoms with Crippen LogP contribution in [-0.2, 0) is 10.2 Å². The van der Waals surface area contributed by atoms with E-state index in [-0.39, 0.29) is 5.41 Å². The molecule has 0 aliphatic heterocycles. The van der Waals surface area contributed by atoms with E-state index in [4.69, 9.17) is 5.11 Å². The number of carbonyl (C=O) groups is 1. The maximum absolute atomic E-state index is 10.3. The third-order valence-corrected chi connectivity index (χ3v) is 2.55. The van der Waals surface area contributed by atoms with E-state index in [1.165, 1.54) is 5.56 Å². The van der Waals surface area contributed by atoms with Crippen LogP contribution in [0.2, 0.25) is 0 Å². The summed E-state index contributed by atoms with van der Waals surface area (Å²) in [4.78, 5) is 14.3. The van der Waals surface area contributed by atoms with Crippen LogP contribution >= 0.6 is 0 Å². The number of nitrogens with one attached hydrogen (secondary N) is 1. The second-order valence-electron chi connectivity index (χ2n) is 4.49. The van der Waals surface area contributed by atoms with Gasteiger partial charge in [-0.1, -0.05) is 19.9 Å². The van der Waals surface area contributed by atoms with E-state index in [0.717, 1.165) is 12.6 Å². The Morgan fingerprint density at radius 2 is 2.12 bits per heavy atom. The summed E-state index contributed by atoms with van der Waals surface area (Å²) in [6.07, 6.45) is 6.31. The quantitative estimate of drug-likeness (QED) is 0.579. The molecule has 0 bridgehead atoms. The van der Waals surface area contributed by atoms with Crippen LogP contribution in [0.25, 0.3) is 0 Å². The van der Waals surface area contributed by atoms with E-state index in [1.54, 1.807) is 18.5 Å². The summed E-state index contributed by atoms with van der Waals surface area (Å²) < 4.78 is 0. The number of rotatable bonds is 6. The third-order valence-electron chi connectivity index (χ3n) is 2.55. The minimum atomic E-state index is -0.916. The fourth-order valence-corrected chi connectivity index (χ4v) is 1.53. The van der Waals surface area contributed by atoms with Crippen molar-refractivity contribution in [1.29, 1.82) is 0 Å². The van der Waals surface area contributed by atoms with Crippen molar-refractivity contribution in [2.45, 2.75) is 19.3 Å². The topological polar surface area (TPSA) is 62.2 Å². The molecular weight excluding hydrogens is 216 g/mol. The highest BCUT2D eigenvalue weighted by Crippen LogP contribution is 2.20. The van der Waals surface area contributed by atoms with Crippen molar-refractivity contribution in [2.24, 2.45) is 0 Å². The van der Waals surface area contributed by atoms with Crippen LogP contribution < -0.4 is 5.32 Å². The maximum Gasteiger partial charge on any atom is 0.328 e. The first kappa shape index (κ1) is 13.4. The number of carboxylic acid groups (broad SMARTS) is 1. The molecule has 92 valence electrons. The van der Waals surface area contributed by atoms with Crippen LogP contribution in [0.3, 0.4) is 0 Å². The van der Waals surface area contributed by atoms with Crippen LogP contribution in [0, 0.1) is 0 Å². The third kappa shape index (κ3) is 4.78. The Hall–Kier alpha value is -1.68. The Balaban J connectivity index is 2.43. The fraction of sp³-hybridized carbons (Fsp3) is 0.385. The Labute approximate surface area is 101 Å². The van der Waals surface area contributed by atoms with Crippen molar-refractivity contribution in [2.75, 3.05) is 13.1 Å². The molecule has 0 aromatic carbocycles. The molecular formula is C13H18N2O2. The molecule has 0 aliphatic rings. The summed E-state index contributed by atoms with van der Waals surface area (Å²) in [5.41, 5.74) is 1.21. The molecule has 0 aliphatic carbocycles. The zero-order valence-corrected chi connectivity index (χ0v) is 10.2. The molecule has 4 nitrogen and oxygen atoms in total. The molecule has 1 aromatic rings. The largest absolute Gasteiger partial charge is 0.478 e. The Kier molecular flexibility index (Phi) is 4.84. The highest BCUT2D eigenvalue weighted by Gasteiger charge is 2.19. The minimum Gasteiger partial charge on any atom is -0.478 e. The van der Waals surface area contributed by atoms with Gasteiger partial charge < -0.3 is 10.4 Å². The van der Waals surface area contributed by atoms with Crippen LogP contribution in [0.5, 0.6) is 0 Å². The number of hydrogen-bond acceptors (Lipinski definition) is 3. The summed E-state index contributed by atoms with van der Waals surface area (Å²) in [6, 6.07) is 3.99. The lowest BCUT2D eigenvalue weighted by Gasteiger charge is -2.25. The van der Waals surface area contributed by atoms with Gasteiger partial charge in [0, 0.05) is 37.0 Å². The standard InChI is InChI=1S/C13H18N2O2/c1-13(2,11-5-8-14-9-6-11)10-15-7-3-4-12(16)17/h3-6,8-9,15H,7,10H2,1-2H3,(H,16,17)/b4-3+. The van der Waals surface area contributed by atoms with E-state index >= 15 is 0 Å². The van der Waals surface area contributed by atoms with Gasteiger partial charge in [-0.05, 0) is 17.7 Å². The average molecular weight is 234 g/mol. The molecule has 0 fully saturated rings. The lowest BCUT2D eigenvalue weighted by atomic mass is 9.85. The van der Waals surface area contributed by atoms with E-state index in [0.29, 0.717) is 6.54 Å². The van der Waals surface area contributed by atoms with Crippen LogP contribution in [0.4, 0.5) is 0 Å². The molecule has 0 amide bonds. The van der Waals surface area contributed by atoms with Crippen molar-refractivity contribution in [3.63, 3.8) is 0 Å². The smallest absolute Gasteiger partial charge is 0.328 e. The van der Waals surface area contributed by atoms with Gasteiger partial charge in [0.15, 0.2) is 0 Å². The van der Waals surface area contributed by atoms with Crippen LogP contribution in [-0.4, -0.2) is 29.1 Å². The molecule has 0 radical (unpaired) electrons. The average Bonchev–Trinajstić information content (AvgIpc) is 2.29. The monoisotopic (exact) mass is 234 g/mol. The Morgan fingerprint density at radius 1 is 1.47 bits per heavy atom. The van der Waals surface area contributed by atoms with Crippen LogP contribution in [0.1, 0.15) is 19.4 Å². The van der Waals surface area contributed by atoms with E-state index < -0.39 is 5.97 Å². The van der Waals surface area contributed by atoms with Gasteiger partial charge in [0.25, 0.3) is 0 Å². The van der Waals surface area contributed by atoms with E-state index in [2.05, 4.69) is 24.1 Å². The molecule has 1 aromatic heterocycles. The minimum absolute atomic E-state index is 0.00000354. The predicted octanol–water partition coefficient (Wildman–Crippen LogP) is 1.59. The number of pyridine rings is 1. The van der Waals surface area contributed by atoms with Gasteiger partial charge in [-0.2, -0.15) is 0 Å². The number of aliphatic carboxylic acids is 1. The SMILES string of the molecule is CC(C)(CNC/C=C/C(=O)O)c1ccncc1. The van der Waals surface area contributed by atoms with Crippen molar-refractivity contribution in [3.8, 4) is 0 Å². The first-order valence-corrected chi connectivity index (χ1v) is 5.53. The number of carboxylic acids is 1. The zero-order valence-electron chi connectivity index (χ0n) is 10.2. The van der Waals surface area contributed by atoms with E-state index in [9.17, 15) is 4.79 Å². The molecule has 0 saturated carbocycles. The summed E-state index contributed by atoms with van der Waals surface area (Å²) in [5, 5.41) is 11.6. The van der Waals surface area contributed by atoms with E-state index in [1.807, 2.05) is 12.1 Å². The van der Waals surface area contributed by atoms with Gasteiger partial charge in [-0.25, -0.2) is 4.79 Å². The van der Waals surface area contributed by atoms with Gasteiger partial charge in [0.05, 0.1) is 0 Å². The summed E-state index contributed by atoms with van der Waals surface area (Å²) in [7, 11) is 0. The van der Waals surface area contributed by atoms with Gasteiger partial charge in [0.2, 0.25) is 0 Å². The first-order valence-electron chi connectivity index (χ1n) is 5.53. The van der Waals surface area contributed by atoms with Gasteiger partial charge in [0.1, 0.15) is 0 Å². The molecule has 1 rings (SSSR count). The highest BCUT2D eigenvalue weighted by molar-refractivity contribution is 5.79. The number of nitrogens with zero attached hydrogens (tertiary/aromatic N) is 1. The lowest BCUT2D eigenvalue weighted by molar-refractivity contribution is -0.131. The maximum atomic E-state index is 10.3. The molecule has 4 heteroatoms. The second-order valence-corrected chi connectivity index (χ2v) is 4.49. The molecule has 0 unspecified atom stereocenters. The molecule has 1 heterocycles. The molecule has 0 atom stereocenters.